The van der Waals surface area contributed by atoms with E-state index >= 15 is 4.39 Å². The van der Waals surface area contributed by atoms with Gasteiger partial charge in [0.15, 0.2) is 0 Å². The molecule has 58 heavy (non-hydrogen) atoms. The third-order valence-corrected chi connectivity index (χ3v) is 9.23. The highest BCUT2D eigenvalue weighted by Crippen LogP contribution is 2.41. The smallest absolute Gasteiger partial charge is 0.254 e. The minimum atomic E-state index is -1.42. The lowest BCUT2D eigenvalue weighted by Gasteiger charge is -2.41. The van der Waals surface area contributed by atoms with Crippen LogP contribution < -0.4 is 27.4 Å². The molecule has 1 aliphatic rings. The molecule has 18 heteroatoms. The predicted molar refractivity (Wildman–Crippen MR) is 207 cm³/mol. The summed E-state index contributed by atoms with van der Waals surface area (Å²) in [7, 11) is 0. The van der Waals surface area contributed by atoms with Gasteiger partial charge < -0.3 is 42.0 Å². The van der Waals surface area contributed by atoms with Crippen LogP contribution in [0.3, 0.4) is 0 Å². The number of carbonyl (C=O) groups excluding carboxylic acids is 7. The lowest BCUT2D eigenvalue weighted by atomic mass is 9.82. The maximum atomic E-state index is 15.1. The van der Waals surface area contributed by atoms with Gasteiger partial charge in [0.1, 0.15) is 30.8 Å². The van der Waals surface area contributed by atoms with Gasteiger partial charge in [-0.3, -0.25) is 38.5 Å². The first-order chi connectivity index (χ1) is 27.4. The summed E-state index contributed by atoms with van der Waals surface area (Å²) in [6.07, 6.45) is 2.94. The van der Waals surface area contributed by atoms with Crippen LogP contribution in [-0.2, 0) is 40.1 Å². The van der Waals surface area contributed by atoms with Gasteiger partial charge in [0, 0.05) is 61.3 Å². The average molecular weight is 807 g/mol. The van der Waals surface area contributed by atoms with Gasteiger partial charge in [-0.05, 0) is 41.7 Å². The van der Waals surface area contributed by atoms with E-state index in [1.165, 1.54) is 4.90 Å². The number of aromatic nitrogens is 1. The minimum absolute atomic E-state index is 0.0151. The number of nitrogens with zero attached hydrogens (tertiary/aromatic N) is 3. The van der Waals surface area contributed by atoms with E-state index in [0.29, 0.717) is 11.3 Å². The molecule has 7 amide bonds. The number of nitrogens with two attached hydrogens (primary N) is 2. The van der Waals surface area contributed by atoms with E-state index in [9.17, 15) is 43.1 Å². The molecule has 16 nitrogen and oxygen atoms in total. The molecule has 0 saturated carbocycles. The Kier molecular flexibility index (Phi) is 15.1. The van der Waals surface area contributed by atoms with Crippen molar-refractivity contribution in [1.82, 2.24) is 30.3 Å². The van der Waals surface area contributed by atoms with Crippen LogP contribution in [0.4, 0.5) is 8.78 Å². The number of imide groups is 1. The SMILES string of the molecule is CC(C)(C)C(c1cc(-c2cc(F)ccc2F)cn1Cc1ccccc1)N(CCC(NC(=O)[C@@H](N)CC(N)=O)C(=O)NCCNC(=O)CN1C(=O)C=CC1=O)C(=O)CO. The number of amides is 7. The highest BCUT2D eigenvalue weighted by Gasteiger charge is 2.38. The number of carbonyl (C=O) groups is 7. The maximum absolute atomic E-state index is 15.1. The molecule has 3 aromatic rings. The molecular weight excluding hydrogens is 758 g/mol. The first kappa shape index (κ1) is 44.4. The summed E-state index contributed by atoms with van der Waals surface area (Å²) >= 11 is 0. The zero-order valence-electron chi connectivity index (χ0n) is 32.4. The van der Waals surface area contributed by atoms with Gasteiger partial charge in [0.25, 0.3) is 11.8 Å². The maximum Gasteiger partial charge on any atom is 0.254 e. The minimum Gasteiger partial charge on any atom is -0.387 e. The number of halogens is 2. The Morgan fingerprint density at radius 1 is 0.914 bits per heavy atom. The molecule has 2 unspecified atom stereocenters. The monoisotopic (exact) mass is 806 g/mol. The van der Waals surface area contributed by atoms with Crippen molar-refractivity contribution < 1.29 is 47.4 Å². The molecule has 0 bridgehead atoms. The fraction of sp³-hybridized carbons (Fsp3) is 0.375. The van der Waals surface area contributed by atoms with Crippen molar-refractivity contribution in [3.63, 3.8) is 0 Å². The van der Waals surface area contributed by atoms with Crippen LogP contribution >= 0.6 is 0 Å². The normalized spacial score (nSPS) is 14.2. The number of aliphatic hydroxyl groups excluding tert-OH is 1. The molecule has 1 aliphatic heterocycles. The Balaban J connectivity index is 1.63. The van der Waals surface area contributed by atoms with Crippen molar-refractivity contribution >= 4 is 41.4 Å². The second-order valence-corrected chi connectivity index (χ2v) is 14.8. The van der Waals surface area contributed by atoms with Crippen molar-refractivity contribution in [2.75, 3.05) is 32.8 Å². The Hall–Kier alpha value is -6.27. The van der Waals surface area contributed by atoms with Crippen LogP contribution in [0.15, 0.2) is 72.9 Å². The molecule has 310 valence electrons. The summed E-state index contributed by atoms with van der Waals surface area (Å²) in [6.45, 7) is 3.77. The van der Waals surface area contributed by atoms with Crippen LogP contribution in [0.5, 0.6) is 0 Å². The third kappa shape index (κ3) is 11.9. The highest BCUT2D eigenvalue weighted by molar-refractivity contribution is 6.14. The van der Waals surface area contributed by atoms with Crippen molar-refractivity contribution in [3.8, 4) is 11.1 Å². The van der Waals surface area contributed by atoms with Crippen LogP contribution in [-0.4, -0.2) is 106 Å². The molecule has 0 aliphatic carbocycles. The van der Waals surface area contributed by atoms with Crippen LogP contribution in [0.1, 0.15) is 50.9 Å². The van der Waals surface area contributed by atoms with E-state index in [0.717, 1.165) is 40.8 Å². The lowest BCUT2D eigenvalue weighted by Crippen LogP contribution is -2.54. The van der Waals surface area contributed by atoms with E-state index < -0.39 is 96.1 Å². The third-order valence-electron chi connectivity index (χ3n) is 9.23. The molecule has 1 aromatic heterocycles. The molecule has 2 heterocycles. The largest absolute Gasteiger partial charge is 0.387 e. The fourth-order valence-electron chi connectivity index (χ4n) is 6.52. The Morgan fingerprint density at radius 3 is 2.19 bits per heavy atom. The molecule has 0 saturated heterocycles. The number of hydrogen-bond acceptors (Lipinski definition) is 9. The number of rotatable bonds is 19. The van der Waals surface area contributed by atoms with E-state index in [2.05, 4.69) is 16.0 Å². The van der Waals surface area contributed by atoms with Crippen LogP contribution in [0.25, 0.3) is 11.1 Å². The van der Waals surface area contributed by atoms with Gasteiger partial charge in [-0.15, -0.1) is 0 Å². The highest BCUT2D eigenvalue weighted by atomic mass is 19.1. The molecule has 3 atom stereocenters. The number of hydrogen-bond donors (Lipinski definition) is 6. The summed E-state index contributed by atoms with van der Waals surface area (Å²) in [4.78, 5) is 89.8. The standard InChI is InChI=1S/C40H48F2N8O8/c1-40(2,3)37(31-17-25(27-18-26(41)9-10-28(27)42)21-48(31)20-24-7-5-4-6-8-24)49(36(56)23-51)16-13-30(47-38(57)29(43)19-32(44)52)39(58)46-15-14-45-33(53)22-50-34(54)11-12-35(50)55/h4-12,17-18,21,29-30,37,51H,13-16,19-20,22-23,43H2,1-3H3,(H2,44,52)(H,45,53)(H,46,58)(H,47,57)/t29-,30?,37?/m0/s1. The Bertz CT molecular complexity index is 2030. The molecule has 0 radical (unpaired) electrons. The van der Waals surface area contributed by atoms with Crippen molar-refractivity contribution in [2.45, 2.75) is 58.3 Å². The van der Waals surface area contributed by atoms with Crippen LogP contribution in [0.2, 0.25) is 0 Å². The molecule has 4 rings (SSSR count). The zero-order chi connectivity index (χ0) is 42.7. The van der Waals surface area contributed by atoms with E-state index in [1.807, 2.05) is 51.1 Å². The van der Waals surface area contributed by atoms with Gasteiger partial charge in [-0.25, -0.2) is 8.78 Å². The topological polar surface area (TPSA) is 239 Å². The summed E-state index contributed by atoms with van der Waals surface area (Å²) < 4.78 is 31.4. The van der Waals surface area contributed by atoms with Crippen molar-refractivity contribution in [3.05, 3.63) is 95.8 Å². The molecule has 8 N–H and O–H groups in total. The number of primary amides is 1. The summed E-state index contributed by atoms with van der Waals surface area (Å²) in [6, 6.07) is 10.3. The quantitative estimate of drug-likeness (QED) is 0.0735. The first-order valence-corrected chi connectivity index (χ1v) is 18.4. The Labute approximate surface area is 333 Å². The molecule has 2 aromatic carbocycles. The summed E-state index contributed by atoms with van der Waals surface area (Å²) in [5.74, 6) is -6.55. The lowest BCUT2D eigenvalue weighted by molar-refractivity contribution is -0.141. The second-order valence-electron chi connectivity index (χ2n) is 14.8. The van der Waals surface area contributed by atoms with Crippen molar-refractivity contribution in [2.24, 2.45) is 16.9 Å². The molecule has 0 spiro atoms. The fourth-order valence-corrected chi connectivity index (χ4v) is 6.52. The molecular formula is C40H48F2N8O8. The number of nitrogens with one attached hydrogen (secondary N) is 3. The second kappa shape index (κ2) is 19.7. The van der Waals surface area contributed by atoms with E-state index in [1.54, 1.807) is 16.8 Å². The predicted octanol–water partition coefficient (Wildman–Crippen LogP) is 0.625. The van der Waals surface area contributed by atoms with Gasteiger partial charge in [-0.1, -0.05) is 51.1 Å². The van der Waals surface area contributed by atoms with Gasteiger partial charge in [0.2, 0.25) is 29.5 Å². The zero-order valence-corrected chi connectivity index (χ0v) is 32.4. The van der Waals surface area contributed by atoms with Gasteiger partial charge in [-0.2, -0.15) is 0 Å². The number of benzene rings is 2. The first-order valence-electron chi connectivity index (χ1n) is 18.4. The van der Waals surface area contributed by atoms with Gasteiger partial charge in [0.05, 0.1) is 18.5 Å². The number of aliphatic hydroxyl groups is 1. The van der Waals surface area contributed by atoms with E-state index in [-0.39, 0.29) is 38.2 Å². The van der Waals surface area contributed by atoms with Gasteiger partial charge >= 0.3 is 0 Å². The van der Waals surface area contributed by atoms with E-state index in [4.69, 9.17) is 11.5 Å². The van der Waals surface area contributed by atoms with Crippen molar-refractivity contribution in [1.29, 1.82) is 0 Å². The average Bonchev–Trinajstić information content (AvgIpc) is 3.71. The summed E-state index contributed by atoms with van der Waals surface area (Å²) in [5.41, 5.74) is 12.0. The summed E-state index contributed by atoms with van der Waals surface area (Å²) in [5, 5.41) is 17.8. The Morgan fingerprint density at radius 2 is 1.57 bits per heavy atom. The molecule has 0 fully saturated rings. The van der Waals surface area contributed by atoms with Crippen LogP contribution in [0, 0.1) is 17.0 Å².